The smallest absolute Gasteiger partial charge is 0.130 e. The van der Waals surface area contributed by atoms with Gasteiger partial charge in [-0.25, -0.2) is 4.39 Å². The van der Waals surface area contributed by atoms with Crippen LogP contribution in [-0.4, -0.2) is 18.2 Å². The monoisotopic (exact) mass is 251 g/mol. The summed E-state index contributed by atoms with van der Waals surface area (Å²) in [4.78, 5) is 2.21. The highest BCUT2D eigenvalue weighted by Gasteiger charge is 2.24. The van der Waals surface area contributed by atoms with Gasteiger partial charge in [-0.15, -0.1) is 0 Å². The molecule has 0 amide bonds. The first-order chi connectivity index (χ1) is 8.53. The molecular weight excluding hydrogens is 229 g/mol. The third kappa shape index (κ3) is 2.83. The molecule has 1 aliphatic heterocycles. The maximum Gasteiger partial charge on any atom is 0.130 e. The number of nitrogens with zero attached hydrogens (tertiary/aromatic N) is 1. The Bertz CT molecular complexity index is 417. The Balaban J connectivity index is 2.24. The van der Waals surface area contributed by atoms with Gasteiger partial charge in [-0.3, -0.25) is 0 Å². The van der Waals surface area contributed by atoms with Gasteiger partial charge in [0, 0.05) is 24.3 Å². The molecule has 1 aromatic rings. The van der Waals surface area contributed by atoms with Crippen LogP contribution in [-0.2, 0) is 6.61 Å². The second-order valence-corrected chi connectivity index (χ2v) is 5.90. The first-order valence-electron chi connectivity index (χ1n) is 6.67. The van der Waals surface area contributed by atoms with Gasteiger partial charge in [0.1, 0.15) is 5.82 Å². The van der Waals surface area contributed by atoms with E-state index in [1.54, 1.807) is 6.07 Å². The van der Waals surface area contributed by atoms with Crippen LogP contribution < -0.4 is 4.90 Å². The van der Waals surface area contributed by atoms with E-state index in [0.717, 1.165) is 31.6 Å². The predicted octanol–water partition coefficient (Wildman–Crippen LogP) is 3.33. The van der Waals surface area contributed by atoms with Crippen LogP contribution in [0.4, 0.5) is 10.1 Å². The van der Waals surface area contributed by atoms with Gasteiger partial charge >= 0.3 is 0 Å². The summed E-state index contributed by atoms with van der Waals surface area (Å²) in [5, 5.41) is 9.34. The van der Waals surface area contributed by atoms with E-state index in [4.69, 9.17) is 0 Å². The Hall–Kier alpha value is -1.09. The second kappa shape index (κ2) is 5.27. The molecule has 0 saturated carbocycles. The molecule has 0 radical (unpaired) electrons. The second-order valence-electron chi connectivity index (χ2n) is 5.90. The minimum Gasteiger partial charge on any atom is -0.391 e. The van der Waals surface area contributed by atoms with Crippen molar-refractivity contribution in [2.45, 2.75) is 39.7 Å². The average molecular weight is 251 g/mol. The van der Waals surface area contributed by atoms with Crippen molar-refractivity contribution < 1.29 is 9.50 Å². The van der Waals surface area contributed by atoms with Crippen molar-refractivity contribution in [2.75, 3.05) is 18.0 Å². The van der Waals surface area contributed by atoms with Crippen LogP contribution in [0.2, 0.25) is 0 Å². The molecule has 1 aromatic carbocycles. The molecule has 0 unspecified atom stereocenters. The van der Waals surface area contributed by atoms with Crippen molar-refractivity contribution in [1.29, 1.82) is 0 Å². The van der Waals surface area contributed by atoms with Gasteiger partial charge in [-0.05, 0) is 36.8 Å². The largest absolute Gasteiger partial charge is 0.391 e. The quantitative estimate of drug-likeness (QED) is 0.871. The van der Waals surface area contributed by atoms with Crippen LogP contribution in [0.5, 0.6) is 0 Å². The SMILES string of the molecule is CC1(C)CCCN(c2cccc(F)c2CO)CC1. The summed E-state index contributed by atoms with van der Waals surface area (Å²) in [5.41, 5.74) is 1.65. The Labute approximate surface area is 108 Å². The summed E-state index contributed by atoms with van der Waals surface area (Å²) < 4.78 is 13.7. The zero-order chi connectivity index (χ0) is 13.2. The van der Waals surface area contributed by atoms with Crippen molar-refractivity contribution in [3.05, 3.63) is 29.6 Å². The molecule has 2 nitrogen and oxygen atoms in total. The standard InChI is InChI=1S/C15H22FNO/c1-15(2)7-4-9-17(10-8-15)14-6-3-5-13(16)12(14)11-18/h3,5-6,18H,4,7-11H2,1-2H3. The lowest BCUT2D eigenvalue weighted by Crippen LogP contribution is -2.26. The lowest BCUT2D eigenvalue weighted by Gasteiger charge is -2.26. The van der Waals surface area contributed by atoms with E-state index in [1.165, 1.54) is 12.5 Å². The molecule has 1 aliphatic rings. The van der Waals surface area contributed by atoms with E-state index >= 15 is 0 Å². The molecular formula is C15H22FNO. The van der Waals surface area contributed by atoms with Crippen molar-refractivity contribution in [1.82, 2.24) is 0 Å². The van der Waals surface area contributed by atoms with E-state index in [0.29, 0.717) is 11.0 Å². The fraction of sp³-hybridized carbons (Fsp3) is 0.600. The van der Waals surface area contributed by atoms with E-state index in [9.17, 15) is 9.50 Å². The molecule has 100 valence electrons. The summed E-state index contributed by atoms with van der Waals surface area (Å²) in [7, 11) is 0. The van der Waals surface area contributed by atoms with Crippen LogP contribution >= 0.6 is 0 Å². The number of benzene rings is 1. The zero-order valence-corrected chi connectivity index (χ0v) is 11.2. The Morgan fingerprint density at radius 2 is 2.06 bits per heavy atom. The minimum atomic E-state index is -0.307. The summed E-state index contributed by atoms with van der Waals surface area (Å²) in [5.74, 6) is -0.307. The highest BCUT2D eigenvalue weighted by Crippen LogP contribution is 2.33. The molecule has 0 aliphatic carbocycles. The van der Waals surface area contributed by atoms with Crippen molar-refractivity contribution in [3.63, 3.8) is 0 Å². The summed E-state index contributed by atoms with van der Waals surface area (Å²) in [6.45, 7) is 6.22. The number of aliphatic hydroxyl groups is 1. The van der Waals surface area contributed by atoms with Crippen LogP contribution in [0, 0.1) is 11.2 Å². The van der Waals surface area contributed by atoms with Crippen LogP contribution in [0.15, 0.2) is 18.2 Å². The van der Waals surface area contributed by atoms with Gasteiger partial charge in [-0.1, -0.05) is 19.9 Å². The minimum absolute atomic E-state index is 0.234. The Kier molecular flexibility index (Phi) is 3.91. The number of hydrogen-bond acceptors (Lipinski definition) is 2. The number of aliphatic hydroxyl groups excluding tert-OH is 1. The highest BCUT2D eigenvalue weighted by atomic mass is 19.1. The highest BCUT2D eigenvalue weighted by molar-refractivity contribution is 5.54. The predicted molar refractivity (Wildman–Crippen MR) is 72.2 cm³/mol. The fourth-order valence-electron chi connectivity index (χ4n) is 2.66. The summed E-state index contributed by atoms with van der Waals surface area (Å²) >= 11 is 0. The topological polar surface area (TPSA) is 23.5 Å². The maximum absolute atomic E-state index is 13.7. The molecule has 0 aromatic heterocycles. The molecule has 3 heteroatoms. The fourth-order valence-corrected chi connectivity index (χ4v) is 2.66. The molecule has 0 spiro atoms. The lowest BCUT2D eigenvalue weighted by molar-refractivity contribution is 0.276. The zero-order valence-electron chi connectivity index (χ0n) is 11.2. The average Bonchev–Trinajstić information content (AvgIpc) is 2.50. The van der Waals surface area contributed by atoms with Crippen molar-refractivity contribution >= 4 is 5.69 Å². The van der Waals surface area contributed by atoms with Gasteiger partial charge in [0.15, 0.2) is 0 Å². The Morgan fingerprint density at radius 3 is 2.78 bits per heavy atom. The third-order valence-electron chi connectivity index (χ3n) is 3.93. The van der Waals surface area contributed by atoms with Gasteiger partial charge in [-0.2, -0.15) is 0 Å². The number of rotatable bonds is 2. The Morgan fingerprint density at radius 1 is 1.28 bits per heavy atom. The maximum atomic E-state index is 13.7. The molecule has 1 fully saturated rings. The molecule has 18 heavy (non-hydrogen) atoms. The number of halogens is 1. The van der Waals surface area contributed by atoms with E-state index in [1.807, 2.05) is 6.07 Å². The van der Waals surface area contributed by atoms with Gasteiger partial charge in [0.25, 0.3) is 0 Å². The van der Waals surface area contributed by atoms with Crippen LogP contribution in [0.3, 0.4) is 0 Å². The first-order valence-corrected chi connectivity index (χ1v) is 6.67. The summed E-state index contributed by atoms with van der Waals surface area (Å²) in [6.07, 6.45) is 3.43. The normalized spacial score (nSPS) is 19.7. The number of anilines is 1. The van der Waals surface area contributed by atoms with E-state index in [-0.39, 0.29) is 12.4 Å². The van der Waals surface area contributed by atoms with Crippen LogP contribution in [0.1, 0.15) is 38.7 Å². The van der Waals surface area contributed by atoms with Crippen molar-refractivity contribution in [2.24, 2.45) is 5.41 Å². The number of hydrogen-bond donors (Lipinski definition) is 1. The van der Waals surface area contributed by atoms with Crippen LogP contribution in [0.25, 0.3) is 0 Å². The molecule has 2 rings (SSSR count). The molecule has 0 atom stereocenters. The molecule has 1 saturated heterocycles. The van der Waals surface area contributed by atoms with Gasteiger partial charge < -0.3 is 10.0 Å². The molecule has 1 heterocycles. The summed E-state index contributed by atoms with van der Waals surface area (Å²) in [6, 6.07) is 5.05. The van der Waals surface area contributed by atoms with Crippen molar-refractivity contribution in [3.8, 4) is 0 Å². The lowest BCUT2D eigenvalue weighted by atomic mass is 9.85. The van der Waals surface area contributed by atoms with E-state index in [2.05, 4.69) is 18.7 Å². The van der Waals surface area contributed by atoms with Gasteiger partial charge in [0.2, 0.25) is 0 Å². The third-order valence-corrected chi connectivity index (χ3v) is 3.93. The first kappa shape index (κ1) is 13.3. The molecule has 1 N–H and O–H groups in total. The van der Waals surface area contributed by atoms with E-state index < -0.39 is 0 Å². The molecule has 0 bridgehead atoms. The van der Waals surface area contributed by atoms with Gasteiger partial charge in [0.05, 0.1) is 6.61 Å².